The summed E-state index contributed by atoms with van der Waals surface area (Å²) in [6.07, 6.45) is 4.02. The van der Waals surface area contributed by atoms with Gasteiger partial charge in [-0.2, -0.15) is 0 Å². The molecule has 0 saturated heterocycles. The molecule has 0 amide bonds. The van der Waals surface area contributed by atoms with E-state index in [4.69, 9.17) is 11.6 Å². The monoisotopic (exact) mass is 304 g/mol. The molecule has 1 rings (SSSR count). The minimum atomic E-state index is 0.617. The Morgan fingerprint density at radius 2 is 2.31 bits per heavy atom. The highest BCUT2D eigenvalue weighted by Gasteiger charge is 2.08. The van der Waals surface area contributed by atoms with E-state index in [1.165, 1.54) is 5.56 Å². The van der Waals surface area contributed by atoms with Crippen LogP contribution in [0.5, 0.6) is 0 Å². The summed E-state index contributed by atoms with van der Waals surface area (Å²) in [4.78, 5) is 4.31. The van der Waals surface area contributed by atoms with Gasteiger partial charge >= 0.3 is 0 Å². The number of pyridine rings is 1. The number of anilines is 1. The van der Waals surface area contributed by atoms with Crippen LogP contribution in [-0.2, 0) is 0 Å². The second-order valence-corrected chi connectivity index (χ2v) is 5.09. The summed E-state index contributed by atoms with van der Waals surface area (Å²) < 4.78 is 1.05. The van der Waals surface area contributed by atoms with Crippen molar-refractivity contribution < 1.29 is 0 Å². The standard InChI is InChI=1S/C12H18BrClN2/c1-3-10(4-6-14)8-16-12-11(13)9(2)5-7-15-12/h5,7,10H,3-4,6,8H2,1-2H3,(H,15,16). The van der Waals surface area contributed by atoms with Crippen molar-refractivity contribution in [3.05, 3.63) is 22.3 Å². The fourth-order valence-electron chi connectivity index (χ4n) is 1.51. The van der Waals surface area contributed by atoms with Gasteiger partial charge in [-0.3, -0.25) is 0 Å². The molecule has 16 heavy (non-hydrogen) atoms. The molecule has 2 nitrogen and oxygen atoms in total. The van der Waals surface area contributed by atoms with E-state index in [1.54, 1.807) is 0 Å². The van der Waals surface area contributed by atoms with Crippen molar-refractivity contribution in [3.8, 4) is 0 Å². The first-order valence-electron chi connectivity index (χ1n) is 5.60. The van der Waals surface area contributed by atoms with Crippen molar-refractivity contribution in [1.82, 2.24) is 4.98 Å². The van der Waals surface area contributed by atoms with Crippen LogP contribution in [-0.4, -0.2) is 17.4 Å². The van der Waals surface area contributed by atoms with E-state index in [9.17, 15) is 0 Å². The lowest BCUT2D eigenvalue weighted by atomic mass is 10.0. The molecule has 0 bridgehead atoms. The van der Waals surface area contributed by atoms with E-state index in [1.807, 2.05) is 12.3 Å². The number of aryl methyl sites for hydroxylation is 1. The summed E-state index contributed by atoms with van der Waals surface area (Å²) in [7, 11) is 0. The first-order valence-corrected chi connectivity index (χ1v) is 6.92. The maximum Gasteiger partial charge on any atom is 0.140 e. The Bertz CT molecular complexity index is 331. The van der Waals surface area contributed by atoms with Crippen molar-refractivity contribution in [2.75, 3.05) is 17.7 Å². The molecule has 0 fully saturated rings. The molecule has 4 heteroatoms. The van der Waals surface area contributed by atoms with E-state index < -0.39 is 0 Å². The molecule has 1 unspecified atom stereocenters. The minimum absolute atomic E-state index is 0.617. The Morgan fingerprint density at radius 3 is 2.94 bits per heavy atom. The molecule has 0 aliphatic carbocycles. The van der Waals surface area contributed by atoms with Crippen LogP contribution in [0.3, 0.4) is 0 Å². The van der Waals surface area contributed by atoms with E-state index in [0.717, 1.165) is 35.6 Å². The Morgan fingerprint density at radius 1 is 1.56 bits per heavy atom. The topological polar surface area (TPSA) is 24.9 Å². The smallest absolute Gasteiger partial charge is 0.140 e. The van der Waals surface area contributed by atoms with Crippen LogP contribution in [0.4, 0.5) is 5.82 Å². The van der Waals surface area contributed by atoms with Gasteiger partial charge in [-0.25, -0.2) is 4.98 Å². The number of rotatable bonds is 6. The van der Waals surface area contributed by atoms with E-state index in [-0.39, 0.29) is 0 Å². The molecule has 0 spiro atoms. The van der Waals surface area contributed by atoms with Gasteiger partial charge in [0.1, 0.15) is 5.82 Å². The fraction of sp³-hybridized carbons (Fsp3) is 0.583. The van der Waals surface area contributed by atoms with Gasteiger partial charge in [-0.1, -0.05) is 13.3 Å². The minimum Gasteiger partial charge on any atom is -0.369 e. The summed E-state index contributed by atoms with van der Waals surface area (Å²) in [5.74, 6) is 2.27. The highest BCUT2D eigenvalue weighted by Crippen LogP contribution is 2.23. The number of aromatic nitrogens is 1. The number of hydrogen-bond acceptors (Lipinski definition) is 2. The van der Waals surface area contributed by atoms with Crippen molar-refractivity contribution >= 4 is 33.3 Å². The van der Waals surface area contributed by atoms with Gasteiger partial charge in [0.05, 0.1) is 4.47 Å². The van der Waals surface area contributed by atoms with E-state index in [2.05, 4.69) is 40.1 Å². The molecule has 0 aromatic carbocycles. The molecule has 1 heterocycles. The molecular weight excluding hydrogens is 288 g/mol. The quantitative estimate of drug-likeness (QED) is 0.796. The highest BCUT2D eigenvalue weighted by molar-refractivity contribution is 9.10. The Balaban J connectivity index is 2.56. The molecule has 1 atom stereocenters. The van der Waals surface area contributed by atoms with Crippen LogP contribution >= 0.6 is 27.5 Å². The third-order valence-electron chi connectivity index (χ3n) is 2.74. The highest BCUT2D eigenvalue weighted by atomic mass is 79.9. The second-order valence-electron chi connectivity index (χ2n) is 3.92. The Labute approximate surface area is 111 Å². The summed E-state index contributed by atoms with van der Waals surface area (Å²) in [5.41, 5.74) is 1.20. The van der Waals surface area contributed by atoms with Gasteiger partial charge in [-0.15, -0.1) is 11.6 Å². The summed E-state index contributed by atoms with van der Waals surface area (Å²) in [6.45, 7) is 5.18. The van der Waals surface area contributed by atoms with Gasteiger partial charge in [0.2, 0.25) is 0 Å². The van der Waals surface area contributed by atoms with Crippen LogP contribution in [0.15, 0.2) is 16.7 Å². The van der Waals surface area contributed by atoms with E-state index >= 15 is 0 Å². The van der Waals surface area contributed by atoms with Crippen molar-refractivity contribution in [2.24, 2.45) is 5.92 Å². The van der Waals surface area contributed by atoms with Crippen LogP contribution in [0, 0.1) is 12.8 Å². The second kappa shape index (κ2) is 7.13. The molecule has 0 saturated carbocycles. The number of halogens is 2. The van der Waals surface area contributed by atoms with Gasteiger partial charge in [-0.05, 0) is 46.8 Å². The Hall–Kier alpha value is -0.280. The van der Waals surface area contributed by atoms with Gasteiger partial charge in [0.25, 0.3) is 0 Å². The lowest BCUT2D eigenvalue weighted by molar-refractivity contribution is 0.521. The van der Waals surface area contributed by atoms with Gasteiger partial charge in [0, 0.05) is 18.6 Å². The fourth-order valence-corrected chi connectivity index (χ4v) is 2.19. The first-order chi connectivity index (χ1) is 7.69. The van der Waals surface area contributed by atoms with Crippen LogP contribution in [0.2, 0.25) is 0 Å². The number of alkyl halides is 1. The summed E-state index contributed by atoms with van der Waals surface area (Å²) >= 11 is 9.30. The zero-order valence-electron chi connectivity index (χ0n) is 9.76. The van der Waals surface area contributed by atoms with Crippen LogP contribution in [0.25, 0.3) is 0 Å². The molecular formula is C12H18BrClN2. The summed E-state index contributed by atoms with van der Waals surface area (Å²) in [5, 5.41) is 3.37. The maximum absolute atomic E-state index is 5.76. The van der Waals surface area contributed by atoms with Crippen LogP contribution < -0.4 is 5.32 Å². The number of hydrogen-bond donors (Lipinski definition) is 1. The predicted octanol–water partition coefficient (Wildman–Crippen LogP) is 4.22. The maximum atomic E-state index is 5.76. The third kappa shape index (κ3) is 3.95. The lowest BCUT2D eigenvalue weighted by Gasteiger charge is -2.15. The molecule has 90 valence electrons. The van der Waals surface area contributed by atoms with Crippen molar-refractivity contribution in [3.63, 3.8) is 0 Å². The largest absolute Gasteiger partial charge is 0.369 e. The average molecular weight is 306 g/mol. The molecule has 1 N–H and O–H groups in total. The zero-order valence-corrected chi connectivity index (χ0v) is 12.1. The zero-order chi connectivity index (χ0) is 12.0. The third-order valence-corrected chi connectivity index (χ3v) is 3.95. The normalized spacial score (nSPS) is 12.5. The number of nitrogens with one attached hydrogen (secondary N) is 1. The van der Waals surface area contributed by atoms with Crippen molar-refractivity contribution in [2.45, 2.75) is 26.7 Å². The average Bonchev–Trinajstić information content (AvgIpc) is 2.29. The van der Waals surface area contributed by atoms with Crippen LogP contribution in [0.1, 0.15) is 25.3 Å². The molecule has 1 aromatic heterocycles. The van der Waals surface area contributed by atoms with Gasteiger partial charge in [0.15, 0.2) is 0 Å². The SMILES string of the molecule is CCC(CCCl)CNc1nccc(C)c1Br. The molecule has 1 aromatic rings. The van der Waals surface area contributed by atoms with E-state index in [0.29, 0.717) is 5.92 Å². The predicted molar refractivity (Wildman–Crippen MR) is 74.3 cm³/mol. The Kier molecular flexibility index (Phi) is 6.14. The lowest BCUT2D eigenvalue weighted by Crippen LogP contribution is -2.15. The molecule has 0 aliphatic heterocycles. The molecule has 0 radical (unpaired) electrons. The molecule has 0 aliphatic rings. The van der Waals surface area contributed by atoms with Crippen molar-refractivity contribution in [1.29, 1.82) is 0 Å². The number of nitrogens with zero attached hydrogens (tertiary/aromatic N) is 1. The summed E-state index contributed by atoms with van der Waals surface area (Å²) in [6, 6.07) is 1.99. The van der Waals surface area contributed by atoms with Gasteiger partial charge < -0.3 is 5.32 Å². The first kappa shape index (κ1) is 13.8.